The van der Waals surface area contributed by atoms with Crippen LogP contribution in [-0.4, -0.2) is 65.0 Å². The van der Waals surface area contributed by atoms with Crippen molar-refractivity contribution in [2.24, 2.45) is 10.9 Å². The Morgan fingerprint density at radius 1 is 1.19 bits per heavy atom. The molecular weight excluding hydrogens is 505 g/mol. The van der Waals surface area contributed by atoms with Crippen LogP contribution in [0.3, 0.4) is 0 Å². The third kappa shape index (κ3) is 6.63. The van der Waals surface area contributed by atoms with Gasteiger partial charge in [-0.25, -0.2) is 0 Å². The molecule has 2 aliphatic rings. The lowest BCUT2D eigenvalue weighted by Crippen LogP contribution is -2.43. The molecule has 31 heavy (non-hydrogen) atoms. The molecule has 0 radical (unpaired) electrons. The van der Waals surface area contributed by atoms with E-state index in [1.807, 2.05) is 6.07 Å². The number of halogens is 1. The van der Waals surface area contributed by atoms with E-state index in [-0.39, 0.29) is 29.4 Å². The van der Waals surface area contributed by atoms with Crippen LogP contribution < -0.4 is 14.8 Å². The maximum Gasteiger partial charge on any atom is 0.193 e. The van der Waals surface area contributed by atoms with Gasteiger partial charge in [0.05, 0.1) is 27.4 Å². The summed E-state index contributed by atoms with van der Waals surface area (Å²) >= 11 is 0. The molecule has 1 saturated heterocycles. The number of hydrogen-bond donors (Lipinski definition) is 1. The van der Waals surface area contributed by atoms with Gasteiger partial charge in [0.15, 0.2) is 17.5 Å². The molecule has 1 heterocycles. The highest BCUT2D eigenvalue weighted by atomic mass is 127. The molecule has 2 fully saturated rings. The largest absolute Gasteiger partial charge is 0.493 e. The molecule has 1 saturated carbocycles. The summed E-state index contributed by atoms with van der Waals surface area (Å²) in [5.74, 6) is 3.17. The van der Waals surface area contributed by atoms with Crippen LogP contribution in [0.25, 0.3) is 0 Å². The van der Waals surface area contributed by atoms with E-state index >= 15 is 0 Å². The normalized spacial score (nSPS) is 20.6. The average Bonchev–Trinajstić information content (AvgIpc) is 3.29. The van der Waals surface area contributed by atoms with E-state index < -0.39 is 0 Å². The summed E-state index contributed by atoms with van der Waals surface area (Å²) in [6.45, 7) is 6.51. The summed E-state index contributed by atoms with van der Waals surface area (Å²) in [5.41, 5.74) is 1.36. The monoisotopic (exact) mass is 545 g/mol. The topological polar surface area (TPSA) is 55.3 Å². The number of guanidine groups is 1. The van der Waals surface area contributed by atoms with Crippen LogP contribution in [0.1, 0.15) is 51.0 Å². The first-order valence-corrected chi connectivity index (χ1v) is 11.4. The number of ether oxygens (including phenoxy) is 3. The molecule has 1 aromatic rings. The summed E-state index contributed by atoms with van der Waals surface area (Å²) in [7, 11) is 5.54. The smallest absolute Gasteiger partial charge is 0.193 e. The molecule has 1 aliphatic carbocycles. The Bertz CT molecular complexity index is 701. The zero-order valence-electron chi connectivity index (χ0n) is 19.6. The maximum atomic E-state index is 5.60. The van der Waals surface area contributed by atoms with E-state index in [4.69, 9.17) is 19.2 Å². The van der Waals surface area contributed by atoms with Gasteiger partial charge in [-0.3, -0.25) is 4.99 Å². The van der Waals surface area contributed by atoms with Crippen molar-refractivity contribution in [1.29, 1.82) is 0 Å². The SMILES string of the molecule is CCNC(=NCC1(c2ccc(OC)c(OC)c2)CCCCC1)N(C)CC1CCOC1.I. The molecule has 1 aliphatic heterocycles. The first kappa shape index (κ1) is 26.0. The second kappa shape index (κ2) is 12.7. The number of hydrogen-bond acceptors (Lipinski definition) is 4. The lowest BCUT2D eigenvalue weighted by molar-refractivity contribution is 0.181. The van der Waals surface area contributed by atoms with E-state index in [1.54, 1.807) is 14.2 Å². The predicted octanol–water partition coefficient (Wildman–Crippen LogP) is 4.46. The van der Waals surface area contributed by atoms with Gasteiger partial charge in [-0.15, -0.1) is 24.0 Å². The summed E-state index contributed by atoms with van der Waals surface area (Å²) in [6, 6.07) is 6.40. The summed E-state index contributed by atoms with van der Waals surface area (Å²) in [5, 5.41) is 3.50. The second-order valence-electron chi connectivity index (χ2n) is 8.69. The molecule has 1 N–H and O–H groups in total. The lowest BCUT2D eigenvalue weighted by atomic mass is 9.69. The number of benzene rings is 1. The number of nitrogens with one attached hydrogen (secondary N) is 1. The fourth-order valence-electron chi connectivity index (χ4n) is 4.83. The van der Waals surface area contributed by atoms with Crippen molar-refractivity contribution in [3.8, 4) is 11.5 Å². The van der Waals surface area contributed by atoms with Gasteiger partial charge in [0.1, 0.15) is 0 Å². The molecule has 6 nitrogen and oxygen atoms in total. The third-order valence-corrected chi connectivity index (χ3v) is 6.59. The zero-order chi connectivity index (χ0) is 21.4. The average molecular weight is 546 g/mol. The van der Waals surface area contributed by atoms with Crippen molar-refractivity contribution >= 4 is 29.9 Å². The van der Waals surface area contributed by atoms with Crippen molar-refractivity contribution in [2.75, 3.05) is 54.1 Å². The van der Waals surface area contributed by atoms with E-state index in [0.717, 1.165) is 69.6 Å². The van der Waals surface area contributed by atoms with E-state index in [0.29, 0.717) is 5.92 Å². The molecule has 0 amide bonds. The Morgan fingerprint density at radius 2 is 1.94 bits per heavy atom. The highest BCUT2D eigenvalue weighted by Crippen LogP contribution is 2.42. The Hall–Kier alpha value is -1.22. The highest BCUT2D eigenvalue weighted by Gasteiger charge is 2.35. The van der Waals surface area contributed by atoms with Crippen LogP contribution in [0.15, 0.2) is 23.2 Å². The first-order valence-electron chi connectivity index (χ1n) is 11.4. The molecular formula is C24H40IN3O3. The van der Waals surface area contributed by atoms with Crippen molar-refractivity contribution in [3.05, 3.63) is 23.8 Å². The van der Waals surface area contributed by atoms with Crippen LogP contribution in [0.5, 0.6) is 11.5 Å². The molecule has 0 bridgehead atoms. The minimum absolute atomic E-state index is 0. The predicted molar refractivity (Wildman–Crippen MR) is 137 cm³/mol. The van der Waals surface area contributed by atoms with Gasteiger partial charge in [0.25, 0.3) is 0 Å². The quantitative estimate of drug-likeness (QED) is 0.297. The third-order valence-electron chi connectivity index (χ3n) is 6.59. The fraction of sp³-hybridized carbons (Fsp3) is 0.708. The number of aliphatic imine (C=N–C) groups is 1. The zero-order valence-corrected chi connectivity index (χ0v) is 21.9. The Labute approximate surface area is 205 Å². The Kier molecular flexibility index (Phi) is 10.7. The van der Waals surface area contributed by atoms with Crippen LogP contribution in [0, 0.1) is 5.92 Å². The second-order valence-corrected chi connectivity index (χ2v) is 8.69. The van der Waals surface area contributed by atoms with Crippen molar-refractivity contribution in [3.63, 3.8) is 0 Å². The van der Waals surface area contributed by atoms with Crippen molar-refractivity contribution in [1.82, 2.24) is 10.2 Å². The highest BCUT2D eigenvalue weighted by molar-refractivity contribution is 14.0. The van der Waals surface area contributed by atoms with Crippen molar-refractivity contribution < 1.29 is 14.2 Å². The molecule has 7 heteroatoms. The Morgan fingerprint density at radius 3 is 2.55 bits per heavy atom. The van der Waals surface area contributed by atoms with Gasteiger partial charge in [-0.2, -0.15) is 0 Å². The summed E-state index contributed by atoms with van der Waals surface area (Å²) < 4.78 is 16.6. The number of rotatable bonds is 8. The molecule has 0 spiro atoms. The minimum atomic E-state index is 0. The van der Waals surface area contributed by atoms with Gasteiger partial charge in [0.2, 0.25) is 0 Å². The van der Waals surface area contributed by atoms with Crippen LogP contribution in [-0.2, 0) is 10.2 Å². The van der Waals surface area contributed by atoms with Crippen LogP contribution >= 0.6 is 24.0 Å². The summed E-state index contributed by atoms with van der Waals surface area (Å²) in [4.78, 5) is 7.42. The van der Waals surface area contributed by atoms with E-state index in [2.05, 4.69) is 36.3 Å². The van der Waals surface area contributed by atoms with Gasteiger partial charge >= 0.3 is 0 Å². The number of nitrogens with zero attached hydrogens (tertiary/aromatic N) is 2. The first-order chi connectivity index (χ1) is 14.6. The van der Waals surface area contributed by atoms with Crippen LogP contribution in [0.2, 0.25) is 0 Å². The van der Waals surface area contributed by atoms with Gasteiger partial charge in [-0.05, 0) is 43.9 Å². The standard InChI is InChI=1S/C24H39N3O3.HI/c1-5-25-23(27(2)16-19-11-14-30-17-19)26-18-24(12-7-6-8-13-24)20-9-10-21(28-3)22(15-20)29-4;/h9-10,15,19H,5-8,11-14,16-18H2,1-4H3,(H,25,26);1H. The van der Waals surface area contributed by atoms with Gasteiger partial charge < -0.3 is 24.4 Å². The summed E-state index contributed by atoms with van der Waals surface area (Å²) in [6.07, 6.45) is 7.25. The molecule has 1 unspecified atom stereocenters. The molecule has 176 valence electrons. The maximum absolute atomic E-state index is 5.60. The molecule has 1 aromatic carbocycles. The van der Waals surface area contributed by atoms with Crippen LogP contribution in [0.4, 0.5) is 0 Å². The minimum Gasteiger partial charge on any atom is -0.493 e. The number of methoxy groups -OCH3 is 2. The van der Waals surface area contributed by atoms with Gasteiger partial charge in [-0.1, -0.05) is 25.3 Å². The van der Waals surface area contributed by atoms with Crippen molar-refractivity contribution in [2.45, 2.75) is 50.9 Å². The lowest BCUT2D eigenvalue weighted by Gasteiger charge is -2.37. The van der Waals surface area contributed by atoms with E-state index in [1.165, 1.54) is 24.8 Å². The van der Waals surface area contributed by atoms with E-state index in [9.17, 15) is 0 Å². The fourth-order valence-corrected chi connectivity index (χ4v) is 4.83. The molecule has 0 aromatic heterocycles. The molecule has 3 rings (SSSR count). The van der Waals surface area contributed by atoms with Gasteiger partial charge in [0, 0.05) is 38.1 Å². The molecule has 1 atom stereocenters. The Balaban J connectivity index is 0.00000341.